The van der Waals surface area contributed by atoms with Crippen LogP contribution in [0.2, 0.25) is 0 Å². The molecule has 0 spiro atoms. The molecule has 5 rings (SSSR count). The molecule has 0 atom stereocenters. The van der Waals surface area contributed by atoms with Gasteiger partial charge in [-0.3, -0.25) is 4.79 Å². The molecule has 1 heteroatoms. The molecule has 4 fully saturated rings. The van der Waals surface area contributed by atoms with Crippen molar-refractivity contribution in [3.8, 4) is 0 Å². The van der Waals surface area contributed by atoms with E-state index in [0.717, 1.165) is 19.3 Å². The van der Waals surface area contributed by atoms with Gasteiger partial charge in [-0.15, -0.1) is 0 Å². The molecular formula is C15H16O. The number of ketones is 1. The first kappa shape index (κ1) is 8.98. The first-order chi connectivity index (χ1) is 7.74. The summed E-state index contributed by atoms with van der Waals surface area (Å²) < 4.78 is 0. The van der Waals surface area contributed by atoms with E-state index >= 15 is 0 Å². The zero-order chi connectivity index (χ0) is 10.8. The summed E-state index contributed by atoms with van der Waals surface area (Å²) in [6.07, 6.45) is 5.75. The molecule has 0 aromatic heterocycles. The maximum absolute atomic E-state index is 12.1. The maximum Gasteiger partial charge on any atom is 0.142 e. The van der Waals surface area contributed by atoms with Crippen molar-refractivity contribution in [2.45, 2.75) is 37.5 Å². The van der Waals surface area contributed by atoms with Crippen LogP contribution in [0.5, 0.6) is 0 Å². The van der Waals surface area contributed by atoms with Crippen molar-refractivity contribution in [2.75, 3.05) is 0 Å². The van der Waals surface area contributed by atoms with Gasteiger partial charge in [-0.05, 0) is 43.1 Å². The lowest BCUT2D eigenvalue weighted by Gasteiger charge is -2.70. The van der Waals surface area contributed by atoms with Gasteiger partial charge in [0, 0.05) is 11.3 Å². The molecule has 0 amide bonds. The summed E-state index contributed by atoms with van der Waals surface area (Å²) in [5.74, 6) is 1.05. The van der Waals surface area contributed by atoms with Crippen LogP contribution < -0.4 is 0 Å². The van der Waals surface area contributed by atoms with E-state index in [9.17, 15) is 4.79 Å². The minimum absolute atomic E-state index is 0.136. The van der Waals surface area contributed by atoms with Crippen LogP contribution in [0.15, 0.2) is 30.3 Å². The zero-order valence-electron chi connectivity index (χ0n) is 9.41. The Kier molecular flexibility index (Phi) is 1.45. The molecule has 82 valence electrons. The fourth-order valence-corrected chi connectivity index (χ4v) is 3.93. The molecule has 4 aliphatic rings. The van der Waals surface area contributed by atoms with E-state index in [2.05, 4.69) is 30.3 Å². The Hall–Kier alpha value is -1.11. The number of hydrogen-bond donors (Lipinski definition) is 0. The Morgan fingerprint density at radius 3 is 2.25 bits per heavy atom. The van der Waals surface area contributed by atoms with Crippen molar-refractivity contribution in [1.82, 2.24) is 0 Å². The molecule has 0 saturated heterocycles. The second-order valence-corrected chi connectivity index (χ2v) is 6.10. The minimum atomic E-state index is 0.136. The third-order valence-corrected chi connectivity index (χ3v) is 4.89. The Morgan fingerprint density at radius 2 is 1.69 bits per heavy atom. The molecule has 2 bridgehead atoms. The van der Waals surface area contributed by atoms with Gasteiger partial charge >= 0.3 is 0 Å². The van der Waals surface area contributed by atoms with Crippen molar-refractivity contribution in [3.05, 3.63) is 35.9 Å². The third-order valence-electron chi connectivity index (χ3n) is 4.89. The number of hydrogen-bond acceptors (Lipinski definition) is 1. The largest absolute Gasteiger partial charge is 0.299 e. The van der Waals surface area contributed by atoms with Crippen LogP contribution in [-0.4, -0.2) is 5.78 Å². The van der Waals surface area contributed by atoms with E-state index < -0.39 is 0 Å². The smallest absolute Gasteiger partial charge is 0.142 e. The number of carbonyl (C=O) groups excluding carboxylic acids is 1. The standard InChI is InChI=1S/C15H16O/c16-13(11-6-7-11)15-8-14(9-15,10-15)12-4-2-1-3-5-12/h1-5,11H,6-10H2. The van der Waals surface area contributed by atoms with Crippen LogP contribution in [-0.2, 0) is 10.2 Å². The van der Waals surface area contributed by atoms with Crippen molar-refractivity contribution < 1.29 is 4.79 Å². The fraction of sp³-hybridized carbons (Fsp3) is 0.533. The quantitative estimate of drug-likeness (QED) is 0.752. The average Bonchev–Trinajstić information content (AvgIpc) is 2.98. The summed E-state index contributed by atoms with van der Waals surface area (Å²) in [6.45, 7) is 0. The van der Waals surface area contributed by atoms with Gasteiger partial charge < -0.3 is 0 Å². The van der Waals surface area contributed by atoms with Crippen molar-refractivity contribution in [2.24, 2.45) is 11.3 Å². The molecule has 0 heterocycles. The first-order valence-corrected chi connectivity index (χ1v) is 6.34. The Labute approximate surface area is 95.9 Å². The first-order valence-electron chi connectivity index (χ1n) is 6.34. The Balaban J connectivity index is 1.55. The van der Waals surface area contributed by atoms with Crippen LogP contribution >= 0.6 is 0 Å². The van der Waals surface area contributed by atoms with E-state index in [1.54, 1.807) is 0 Å². The van der Waals surface area contributed by atoms with Gasteiger partial charge in [-0.2, -0.15) is 0 Å². The summed E-state index contributed by atoms with van der Waals surface area (Å²) in [4.78, 5) is 12.1. The molecule has 16 heavy (non-hydrogen) atoms. The highest BCUT2D eigenvalue weighted by atomic mass is 16.1. The summed E-state index contributed by atoms with van der Waals surface area (Å²) in [5.41, 5.74) is 1.99. The monoisotopic (exact) mass is 212 g/mol. The molecule has 1 nitrogen and oxygen atoms in total. The zero-order valence-corrected chi connectivity index (χ0v) is 9.41. The molecule has 4 saturated carbocycles. The maximum atomic E-state index is 12.1. The van der Waals surface area contributed by atoms with E-state index in [0.29, 0.717) is 17.1 Å². The molecular weight excluding hydrogens is 196 g/mol. The van der Waals surface area contributed by atoms with Crippen LogP contribution in [0.1, 0.15) is 37.7 Å². The van der Waals surface area contributed by atoms with Crippen LogP contribution in [0, 0.1) is 11.3 Å². The molecule has 1 aromatic rings. The number of Topliss-reactive ketones (excluding diaryl/α,β-unsaturated/α-hetero) is 1. The van der Waals surface area contributed by atoms with Crippen molar-refractivity contribution in [1.29, 1.82) is 0 Å². The molecule has 4 aliphatic carbocycles. The fourth-order valence-electron chi connectivity index (χ4n) is 3.93. The van der Waals surface area contributed by atoms with Gasteiger partial charge in [-0.25, -0.2) is 0 Å². The lowest BCUT2D eigenvalue weighted by molar-refractivity contribution is -0.175. The second-order valence-electron chi connectivity index (χ2n) is 6.10. The SMILES string of the molecule is O=C(C1CC1)C12CC(c3ccccc3)(C1)C2. The summed E-state index contributed by atoms with van der Waals surface area (Å²) >= 11 is 0. The molecule has 0 aliphatic heterocycles. The average molecular weight is 212 g/mol. The van der Waals surface area contributed by atoms with E-state index in [4.69, 9.17) is 0 Å². The minimum Gasteiger partial charge on any atom is -0.299 e. The van der Waals surface area contributed by atoms with Crippen LogP contribution in [0.25, 0.3) is 0 Å². The topological polar surface area (TPSA) is 17.1 Å². The number of rotatable bonds is 3. The van der Waals surface area contributed by atoms with Crippen molar-refractivity contribution >= 4 is 5.78 Å². The summed E-state index contributed by atoms with van der Waals surface area (Å²) in [6, 6.07) is 10.8. The van der Waals surface area contributed by atoms with E-state index in [1.165, 1.54) is 18.4 Å². The van der Waals surface area contributed by atoms with Crippen LogP contribution in [0.4, 0.5) is 0 Å². The van der Waals surface area contributed by atoms with Gasteiger partial charge in [0.2, 0.25) is 0 Å². The highest BCUT2D eigenvalue weighted by molar-refractivity contribution is 5.92. The summed E-state index contributed by atoms with van der Waals surface area (Å²) in [5, 5.41) is 0. The molecule has 0 unspecified atom stereocenters. The molecule has 0 radical (unpaired) electrons. The van der Waals surface area contributed by atoms with Gasteiger partial charge in [0.15, 0.2) is 0 Å². The number of benzene rings is 1. The predicted molar refractivity (Wildman–Crippen MR) is 62.1 cm³/mol. The highest BCUT2D eigenvalue weighted by Crippen LogP contribution is 2.75. The van der Waals surface area contributed by atoms with E-state index in [1.807, 2.05) is 0 Å². The van der Waals surface area contributed by atoms with E-state index in [-0.39, 0.29) is 5.41 Å². The lowest BCUT2D eigenvalue weighted by atomic mass is 9.32. The van der Waals surface area contributed by atoms with Crippen molar-refractivity contribution in [3.63, 3.8) is 0 Å². The highest BCUT2D eigenvalue weighted by Gasteiger charge is 2.72. The molecule has 0 N–H and O–H groups in total. The van der Waals surface area contributed by atoms with Gasteiger partial charge in [0.1, 0.15) is 5.78 Å². The van der Waals surface area contributed by atoms with Crippen LogP contribution in [0.3, 0.4) is 0 Å². The normalized spacial score (nSPS) is 39.8. The van der Waals surface area contributed by atoms with Gasteiger partial charge in [0.25, 0.3) is 0 Å². The molecule has 1 aromatic carbocycles. The Bertz CT molecular complexity index is 436. The van der Waals surface area contributed by atoms with Gasteiger partial charge in [0.05, 0.1) is 0 Å². The summed E-state index contributed by atoms with van der Waals surface area (Å²) in [7, 11) is 0. The predicted octanol–water partition coefficient (Wildman–Crippen LogP) is 3.09. The Morgan fingerprint density at radius 1 is 1.06 bits per heavy atom. The lowest BCUT2D eigenvalue weighted by Crippen LogP contribution is -2.68. The number of carbonyl (C=O) groups is 1. The second kappa shape index (κ2) is 2.58. The van der Waals surface area contributed by atoms with Gasteiger partial charge in [-0.1, -0.05) is 30.3 Å². The third kappa shape index (κ3) is 0.946.